The SMILES string of the molecule is CCOc1cccc(-c2cc(C(C)(C)O)c(=O)n(C)n2)c1. The third kappa shape index (κ3) is 3.31. The van der Waals surface area contributed by atoms with Crippen molar-refractivity contribution in [2.45, 2.75) is 26.4 Å². The summed E-state index contributed by atoms with van der Waals surface area (Å²) in [5.41, 5.74) is 0.256. The van der Waals surface area contributed by atoms with Crippen LogP contribution < -0.4 is 10.3 Å². The lowest BCUT2D eigenvalue weighted by atomic mass is 9.98. The van der Waals surface area contributed by atoms with Crippen LogP contribution in [-0.2, 0) is 12.6 Å². The maximum Gasteiger partial charge on any atom is 0.272 e. The number of hydrogen-bond acceptors (Lipinski definition) is 4. The molecule has 0 aliphatic rings. The average molecular weight is 288 g/mol. The third-order valence-electron chi connectivity index (χ3n) is 3.16. The molecular formula is C16H20N2O3. The molecule has 0 radical (unpaired) electrons. The molecule has 1 heterocycles. The molecule has 0 saturated carbocycles. The van der Waals surface area contributed by atoms with E-state index in [1.807, 2.05) is 31.2 Å². The van der Waals surface area contributed by atoms with Crippen LogP contribution in [0.5, 0.6) is 5.75 Å². The second-order valence-corrected chi connectivity index (χ2v) is 5.39. The van der Waals surface area contributed by atoms with Crippen molar-refractivity contribution in [1.29, 1.82) is 0 Å². The van der Waals surface area contributed by atoms with Gasteiger partial charge in [-0.2, -0.15) is 5.10 Å². The van der Waals surface area contributed by atoms with E-state index in [1.54, 1.807) is 27.0 Å². The molecule has 0 atom stereocenters. The summed E-state index contributed by atoms with van der Waals surface area (Å²) in [6.45, 7) is 5.68. The van der Waals surface area contributed by atoms with E-state index >= 15 is 0 Å². The predicted octanol–water partition coefficient (Wildman–Crippen LogP) is 2.07. The molecule has 0 unspecified atom stereocenters. The highest BCUT2D eigenvalue weighted by Gasteiger charge is 2.22. The Morgan fingerprint density at radius 1 is 1.33 bits per heavy atom. The molecule has 0 aliphatic carbocycles. The summed E-state index contributed by atoms with van der Waals surface area (Å²) < 4.78 is 6.72. The van der Waals surface area contributed by atoms with Crippen molar-refractivity contribution in [2.24, 2.45) is 7.05 Å². The average Bonchev–Trinajstić information content (AvgIpc) is 2.41. The number of ether oxygens (including phenoxy) is 1. The van der Waals surface area contributed by atoms with E-state index in [2.05, 4.69) is 5.10 Å². The summed E-state index contributed by atoms with van der Waals surface area (Å²) in [6, 6.07) is 9.13. The molecule has 0 spiro atoms. The Hall–Kier alpha value is -2.14. The first-order chi connectivity index (χ1) is 9.82. The topological polar surface area (TPSA) is 64.3 Å². The van der Waals surface area contributed by atoms with E-state index in [4.69, 9.17) is 4.74 Å². The first kappa shape index (κ1) is 15.3. The van der Waals surface area contributed by atoms with Crippen molar-refractivity contribution in [1.82, 2.24) is 9.78 Å². The second kappa shape index (κ2) is 5.69. The zero-order valence-electron chi connectivity index (χ0n) is 12.8. The quantitative estimate of drug-likeness (QED) is 0.935. The maximum atomic E-state index is 12.1. The van der Waals surface area contributed by atoms with E-state index in [-0.39, 0.29) is 5.56 Å². The monoisotopic (exact) mass is 288 g/mol. The van der Waals surface area contributed by atoms with Crippen LogP contribution in [0.15, 0.2) is 35.1 Å². The van der Waals surface area contributed by atoms with E-state index in [0.29, 0.717) is 17.9 Å². The highest BCUT2D eigenvalue weighted by atomic mass is 16.5. The van der Waals surface area contributed by atoms with Gasteiger partial charge in [0.05, 0.1) is 23.5 Å². The van der Waals surface area contributed by atoms with Gasteiger partial charge in [-0.1, -0.05) is 12.1 Å². The predicted molar refractivity (Wildman–Crippen MR) is 81.3 cm³/mol. The van der Waals surface area contributed by atoms with E-state index in [1.165, 1.54) is 4.68 Å². The van der Waals surface area contributed by atoms with Gasteiger partial charge in [-0.25, -0.2) is 4.68 Å². The molecule has 2 rings (SSSR count). The summed E-state index contributed by atoms with van der Waals surface area (Å²) in [7, 11) is 1.58. The highest BCUT2D eigenvalue weighted by molar-refractivity contribution is 5.61. The lowest BCUT2D eigenvalue weighted by Crippen LogP contribution is -2.32. The summed E-state index contributed by atoms with van der Waals surface area (Å²) in [4.78, 5) is 12.1. The van der Waals surface area contributed by atoms with Gasteiger partial charge in [0.2, 0.25) is 0 Å². The molecule has 0 amide bonds. The highest BCUT2D eigenvalue weighted by Crippen LogP contribution is 2.24. The second-order valence-electron chi connectivity index (χ2n) is 5.39. The van der Waals surface area contributed by atoms with Gasteiger partial charge in [0.1, 0.15) is 5.75 Å². The number of rotatable bonds is 4. The molecule has 112 valence electrons. The molecule has 1 aromatic carbocycles. The summed E-state index contributed by atoms with van der Waals surface area (Å²) in [5.74, 6) is 0.746. The van der Waals surface area contributed by atoms with Crippen LogP contribution in [0.3, 0.4) is 0 Å². The summed E-state index contributed by atoms with van der Waals surface area (Å²) >= 11 is 0. The number of aryl methyl sites for hydroxylation is 1. The minimum absolute atomic E-state index is 0.299. The fraction of sp³-hybridized carbons (Fsp3) is 0.375. The summed E-state index contributed by atoms with van der Waals surface area (Å²) in [5, 5.41) is 14.4. The number of benzene rings is 1. The molecule has 2 aromatic rings. The minimum atomic E-state index is -1.22. The van der Waals surface area contributed by atoms with Crippen molar-refractivity contribution in [2.75, 3.05) is 6.61 Å². The van der Waals surface area contributed by atoms with Crippen molar-refractivity contribution in [3.8, 4) is 17.0 Å². The van der Waals surface area contributed by atoms with Crippen LogP contribution in [-0.4, -0.2) is 21.5 Å². The molecule has 1 aromatic heterocycles. The van der Waals surface area contributed by atoms with Crippen LogP contribution in [0, 0.1) is 0 Å². The molecular weight excluding hydrogens is 268 g/mol. The Labute approximate surface area is 123 Å². The van der Waals surface area contributed by atoms with Gasteiger partial charge in [0.15, 0.2) is 0 Å². The Morgan fingerprint density at radius 2 is 2.05 bits per heavy atom. The normalized spacial score (nSPS) is 11.5. The fourth-order valence-electron chi connectivity index (χ4n) is 2.10. The number of hydrogen-bond donors (Lipinski definition) is 1. The largest absolute Gasteiger partial charge is 0.494 e. The molecule has 5 heteroatoms. The number of aromatic nitrogens is 2. The molecule has 0 aliphatic heterocycles. The Kier molecular flexibility index (Phi) is 4.14. The van der Waals surface area contributed by atoms with Crippen LogP contribution >= 0.6 is 0 Å². The molecule has 1 N–H and O–H groups in total. The molecule has 0 fully saturated rings. The Morgan fingerprint density at radius 3 is 2.67 bits per heavy atom. The fourth-order valence-corrected chi connectivity index (χ4v) is 2.10. The standard InChI is InChI=1S/C16H20N2O3/c1-5-21-12-8-6-7-11(9-12)14-10-13(16(2,3)20)15(19)18(4)17-14/h6-10,20H,5H2,1-4H3. The van der Waals surface area contributed by atoms with Crippen LogP contribution in [0.4, 0.5) is 0 Å². The molecule has 0 bridgehead atoms. The summed E-state index contributed by atoms with van der Waals surface area (Å²) in [6.07, 6.45) is 0. The van der Waals surface area contributed by atoms with Gasteiger partial charge < -0.3 is 9.84 Å². The molecule has 0 saturated heterocycles. The van der Waals surface area contributed by atoms with Gasteiger partial charge >= 0.3 is 0 Å². The molecule has 5 nitrogen and oxygen atoms in total. The van der Waals surface area contributed by atoms with E-state index in [0.717, 1.165) is 11.3 Å². The van der Waals surface area contributed by atoms with Gasteiger partial charge in [0.25, 0.3) is 5.56 Å². The minimum Gasteiger partial charge on any atom is -0.494 e. The lowest BCUT2D eigenvalue weighted by molar-refractivity contribution is 0.0763. The van der Waals surface area contributed by atoms with Crippen molar-refractivity contribution >= 4 is 0 Å². The lowest BCUT2D eigenvalue weighted by Gasteiger charge is -2.18. The van der Waals surface area contributed by atoms with Crippen LogP contribution in [0.25, 0.3) is 11.3 Å². The first-order valence-electron chi connectivity index (χ1n) is 6.87. The van der Waals surface area contributed by atoms with Crippen LogP contribution in [0.2, 0.25) is 0 Å². The van der Waals surface area contributed by atoms with Gasteiger partial charge in [-0.05, 0) is 39.0 Å². The Balaban J connectivity index is 2.57. The van der Waals surface area contributed by atoms with Crippen molar-refractivity contribution < 1.29 is 9.84 Å². The molecule has 21 heavy (non-hydrogen) atoms. The maximum absolute atomic E-state index is 12.1. The number of aliphatic hydroxyl groups is 1. The zero-order valence-corrected chi connectivity index (χ0v) is 12.8. The van der Waals surface area contributed by atoms with Gasteiger partial charge in [-0.15, -0.1) is 0 Å². The van der Waals surface area contributed by atoms with Crippen molar-refractivity contribution in [3.63, 3.8) is 0 Å². The number of nitrogens with zero attached hydrogens (tertiary/aromatic N) is 2. The van der Waals surface area contributed by atoms with E-state index in [9.17, 15) is 9.90 Å². The van der Waals surface area contributed by atoms with Crippen LogP contribution in [0.1, 0.15) is 26.3 Å². The van der Waals surface area contributed by atoms with Gasteiger partial charge in [-0.3, -0.25) is 4.79 Å². The third-order valence-corrected chi connectivity index (χ3v) is 3.16. The van der Waals surface area contributed by atoms with Gasteiger partial charge in [0, 0.05) is 12.6 Å². The first-order valence-corrected chi connectivity index (χ1v) is 6.87. The van der Waals surface area contributed by atoms with Crippen molar-refractivity contribution in [3.05, 3.63) is 46.2 Å². The zero-order chi connectivity index (χ0) is 15.6. The van der Waals surface area contributed by atoms with E-state index < -0.39 is 5.60 Å². The Bertz CT molecular complexity index is 699. The smallest absolute Gasteiger partial charge is 0.272 e.